The van der Waals surface area contributed by atoms with Crippen molar-refractivity contribution in [2.24, 2.45) is 0 Å². The number of phenols is 1. The van der Waals surface area contributed by atoms with Crippen LogP contribution in [0.3, 0.4) is 0 Å². The maximum Gasteiger partial charge on any atom is 0.336 e. The maximum absolute atomic E-state index is 12.7. The summed E-state index contributed by atoms with van der Waals surface area (Å²) in [4.78, 5) is 27.1. The van der Waals surface area contributed by atoms with E-state index in [1.165, 1.54) is 27.4 Å². The third-order valence-corrected chi connectivity index (χ3v) is 5.13. The average molecular weight is 439 g/mol. The van der Waals surface area contributed by atoms with E-state index >= 15 is 0 Å². The molecule has 8 nitrogen and oxygen atoms in total. The van der Waals surface area contributed by atoms with Crippen molar-refractivity contribution in [2.75, 3.05) is 28.4 Å². The van der Waals surface area contributed by atoms with Crippen LogP contribution in [0.1, 0.15) is 17.0 Å². The van der Waals surface area contributed by atoms with Gasteiger partial charge in [-0.05, 0) is 35.4 Å². The highest BCUT2D eigenvalue weighted by Gasteiger charge is 2.35. The first kappa shape index (κ1) is 22.7. The number of carbonyl (C=O) groups is 2. The second kappa shape index (κ2) is 9.91. The van der Waals surface area contributed by atoms with Crippen molar-refractivity contribution in [1.29, 1.82) is 0 Å². The predicted octanol–water partition coefficient (Wildman–Crippen LogP) is 3.12. The Morgan fingerprint density at radius 2 is 1.47 bits per heavy atom. The molecule has 168 valence electrons. The highest BCUT2D eigenvalue weighted by Crippen LogP contribution is 2.40. The summed E-state index contributed by atoms with van der Waals surface area (Å²) in [5.74, 6) is -1.10. The monoisotopic (exact) mass is 439 g/mol. The zero-order chi connectivity index (χ0) is 23.3. The van der Waals surface area contributed by atoms with Crippen LogP contribution in [-0.2, 0) is 25.6 Å². The van der Waals surface area contributed by atoms with Crippen LogP contribution in [0, 0.1) is 0 Å². The normalized spacial score (nSPS) is 13.7. The molecule has 0 radical (unpaired) electrons. The van der Waals surface area contributed by atoms with E-state index in [1.807, 2.05) is 24.3 Å². The summed E-state index contributed by atoms with van der Waals surface area (Å²) >= 11 is 0. The van der Waals surface area contributed by atoms with Crippen molar-refractivity contribution >= 4 is 11.9 Å². The first-order valence-electron chi connectivity index (χ1n) is 9.77. The minimum absolute atomic E-state index is 0.112. The number of ether oxygens (including phenoxy) is 4. The van der Waals surface area contributed by atoms with Crippen LogP contribution in [0.2, 0.25) is 0 Å². The van der Waals surface area contributed by atoms with Crippen molar-refractivity contribution in [1.82, 2.24) is 4.90 Å². The first-order valence-corrected chi connectivity index (χ1v) is 9.77. The quantitative estimate of drug-likeness (QED) is 0.658. The highest BCUT2D eigenvalue weighted by atomic mass is 16.5. The van der Waals surface area contributed by atoms with E-state index in [9.17, 15) is 14.7 Å². The number of aromatic hydroxyl groups is 1. The smallest absolute Gasteiger partial charge is 0.336 e. The number of benzene rings is 2. The molecule has 1 heterocycles. The van der Waals surface area contributed by atoms with Gasteiger partial charge in [0.1, 0.15) is 5.75 Å². The van der Waals surface area contributed by atoms with Gasteiger partial charge in [-0.3, -0.25) is 0 Å². The SMILES string of the molecule is COC(=O)C1=CN(Cc2ccc(OC)cc2)C=C(C(=O)OC)C1c1ccc(OC)c(O)c1. The van der Waals surface area contributed by atoms with E-state index in [2.05, 4.69) is 0 Å². The molecule has 0 bridgehead atoms. The third-order valence-electron chi connectivity index (χ3n) is 5.13. The van der Waals surface area contributed by atoms with Crippen molar-refractivity contribution in [3.63, 3.8) is 0 Å². The lowest BCUT2D eigenvalue weighted by Gasteiger charge is -2.30. The number of methoxy groups -OCH3 is 4. The Hall–Kier alpha value is -3.94. The molecule has 0 atom stereocenters. The topological polar surface area (TPSA) is 94.5 Å². The number of phenolic OH excluding ortho intramolecular Hbond substituents is 1. The van der Waals surface area contributed by atoms with Crippen LogP contribution in [0.5, 0.6) is 17.2 Å². The van der Waals surface area contributed by atoms with E-state index in [0.717, 1.165) is 11.3 Å². The van der Waals surface area contributed by atoms with Gasteiger partial charge in [-0.2, -0.15) is 0 Å². The minimum Gasteiger partial charge on any atom is -0.504 e. The van der Waals surface area contributed by atoms with Crippen molar-refractivity contribution < 1.29 is 33.6 Å². The molecule has 32 heavy (non-hydrogen) atoms. The molecular formula is C24H25NO7. The summed E-state index contributed by atoms with van der Waals surface area (Å²) in [7, 11) is 5.57. The number of hydrogen-bond donors (Lipinski definition) is 1. The second-order valence-electron chi connectivity index (χ2n) is 7.04. The number of carbonyl (C=O) groups excluding carboxylic acids is 2. The fourth-order valence-electron chi connectivity index (χ4n) is 3.57. The fraction of sp³-hybridized carbons (Fsp3) is 0.250. The molecule has 0 aliphatic carbocycles. The summed E-state index contributed by atoms with van der Waals surface area (Å²) in [5, 5.41) is 10.3. The average Bonchev–Trinajstić information content (AvgIpc) is 2.82. The Kier molecular flexibility index (Phi) is 7.04. The van der Waals surface area contributed by atoms with Gasteiger partial charge in [-0.25, -0.2) is 9.59 Å². The highest BCUT2D eigenvalue weighted by molar-refractivity contribution is 5.98. The summed E-state index contributed by atoms with van der Waals surface area (Å²) < 4.78 is 20.3. The van der Waals surface area contributed by atoms with Gasteiger partial charge in [-0.15, -0.1) is 0 Å². The Labute approximate surface area is 186 Å². The Bertz CT molecular complexity index is 1020. The van der Waals surface area contributed by atoms with Crippen LogP contribution >= 0.6 is 0 Å². The minimum atomic E-state index is -0.793. The molecular weight excluding hydrogens is 414 g/mol. The largest absolute Gasteiger partial charge is 0.504 e. The van der Waals surface area contributed by atoms with Gasteiger partial charge in [0.25, 0.3) is 0 Å². The molecule has 1 N–H and O–H groups in total. The molecule has 8 heteroatoms. The summed E-state index contributed by atoms with van der Waals surface area (Å²) in [6.07, 6.45) is 3.27. The molecule has 0 saturated heterocycles. The molecule has 0 aromatic heterocycles. The van der Waals surface area contributed by atoms with E-state index in [-0.39, 0.29) is 22.6 Å². The van der Waals surface area contributed by atoms with E-state index in [0.29, 0.717) is 12.1 Å². The van der Waals surface area contributed by atoms with Gasteiger partial charge in [0.2, 0.25) is 0 Å². The number of nitrogens with zero attached hydrogens (tertiary/aromatic N) is 1. The van der Waals surface area contributed by atoms with E-state index in [4.69, 9.17) is 18.9 Å². The van der Waals surface area contributed by atoms with Crippen molar-refractivity contribution in [2.45, 2.75) is 12.5 Å². The lowest BCUT2D eigenvalue weighted by molar-refractivity contribution is -0.137. The Morgan fingerprint density at radius 3 is 1.94 bits per heavy atom. The molecule has 0 unspecified atom stereocenters. The molecule has 0 fully saturated rings. The molecule has 2 aromatic rings. The Morgan fingerprint density at radius 1 is 0.875 bits per heavy atom. The van der Waals surface area contributed by atoms with E-state index in [1.54, 1.807) is 36.5 Å². The zero-order valence-corrected chi connectivity index (χ0v) is 18.3. The fourth-order valence-corrected chi connectivity index (χ4v) is 3.57. The molecule has 1 aliphatic heterocycles. The summed E-state index contributed by atoms with van der Waals surface area (Å²) in [6, 6.07) is 12.1. The zero-order valence-electron chi connectivity index (χ0n) is 18.3. The lowest BCUT2D eigenvalue weighted by atomic mass is 9.83. The van der Waals surface area contributed by atoms with Crippen LogP contribution in [0.15, 0.2) is 66.0 Å². The molecule has 2 aromatic carbocycles. The molecule has 1 aliphatic rings. The predicted molar refractivity (Wildman–Crippen MR) is 116 cm³/mol. The molecule has 0 amide bonds. The van der Waals surface area contributed by atoms with Crippen molar-refractivity contribution in [3.8, 4) is 17.2 Å². The van der Waals surface area contributed by atoms with Gasteiger partial charge in [0.15, 0.2) is 11.5 Å². The van der Waals surface area contributed by atoms with Gasteiger partial charge in [0, 0.05) is 18.9 Å². The summed E-state index contributed by atoms with van der Waals surface area (Å²) in [6.45, 7) is 0.394. The molecule has 0 saturated carbocycles. The van der Waals surface area contributed by atoms with Gasteiger partial charge < -0.3 is 29.0 Å². The maximum atomic E-state index is 12.7. The van der Waals surface area contributed by atoms with Crippen LogP contribution in [0.25, 0.3) is 0 Å². The van der Waals surface area contributed by atoms with Gasteiger partial charge in [0.05, 0.1) is 45.5 Å². The van der Waals surface area contributed by atoms with Crippen LogP contribution in [0.4, 0.5) is 0 Å². The second-order valence-corrected chi connectivity index (χ2v) is 7.04. The Balaban J connectivity index is 2.06. The van der Waals surface area contributed by atoms with Crippen molar-refractivity contribution in [3.05, 3.63) is 77.1 Å². The summed E-state index contributed by atoms with van der Waals surface area (Å²) in [5.41, 5.74) is 1.91. The number of hydrogen-bond acceptors (Lipinski definition) is 8. The number of esters is 2. The standard InChI is InChI=1S/C24H25NO7/c1-29-17-8-5-15(6-9-17)12-25-13-18(23(27)31-3)22(19(14-25)24(28)32-4)16-7-10-21(30-2)20(26)11-16/h5-11,13-14,22,26H,12H2,1-4H3. The molecule has 0 spiro atoms. The van der Waals surface area contributed by atoms with Gasteiger partial charge in [-0.1, -0.05) is 18.2 Å². The lowest BCUT2D eigenvalue weighted by Crippen LogP contribution is -2.28. The van der Waals surface area contributed by atoms with Gasteiger partial charge >= 0.3 is 11.9 Å². The van der Waals surface area contributed by atoms with Crippen LogP contribution in [-0.4, -0.2) is 50.4 Å². The van der Waals surface area contributed by atoms with Crippen LogP contribution < -0.4 is 9.47 Å². The van der Waals surface area contributed by atoms with E-state index < -0.39 is 17.9 Å². The number of rotatable bonds is 7. The third kappa shape index (κ3) is 4.69. The molecule has 3 rings (SSSR count). The first-order chi connectivity index (χ1) is 15.4.